The monoisotopic (exact) mass is 396 g/mol. The van der Waals surface area contributed by atoms with Crippen molar-refractivity contribution >= 4 is 28.2 Å². The number of aromatic nitrogens is 2. The predicted molar refractivity (Wildman–Crippen MR) is 119 cm³/mol. The van der Waals surface area contributed by atoms with Crippen molar-refractivity contribution in [2.45, 2.75) is 18.0 Å². The van der Waals surface area contributed by atoms with Gasteiger partial charge in [0.05, 0.1) is 41.8 Å². The van der Waals surface area contributed by atoms with Crippen molar-refractivity contribution in [2.75, 3.05) is 11.2 Å². The van der Waals surface area contributed by atoms with Gasteiger partial charge in [0.15, 0.2) is 0 Å². The summed E-state index contributed by atoms with van der Waals surface area (Å²) >= 11 is 1.72. The second-order valence-corrected chi connectivity index (χ2v) is 7.51. The predicted octanol–water partition coefficient (Wildman–Crippen LogP) is 5.43. The molecule has 2 heterocycles. The van der Waals surface area contributed by atoms with E-state index >= 15 is 0 Å². The highest BCUT2D eigenvalue weighted by Crippen LogP contribution is 2.38. The fourth-order valence-electron chi connectivity index (χ4n) is 3.44. The second kappa shape index (κ2) is 8.76. The van der Waals surface area contributed by atoms with Gasteiger partial charge in [0, 0.05) is 22.7 Å². The van der Waals surface area contributed by atoms with Crippen LogP contribution in [0.2, 0.25) is 0 Å². The Bertz CT molecular complexity index is 1110. The minimum atomic E-state index is 0.668. The lowest BCUT2D eigenvalue weighted by molar-refractivity contribution is 0.761. The molecule has 0 bridgehead atoms. The zero-order chi connectivity index (χ0) is 20.1. The van der Waals surface area contributed by atoms with Crippen molar-refractivity contribution < 1.29 is 0 Å². The van der Waals surface area contributed by atoms with Gasteiger partial charge in [0.1, 0.15) is 0 Å². The van der Waals surface area contributed by atoms with Crippen LogP contribution in [0.5, 0.6) is 0 Å². The van der Waals surface area contributed by atoms with Gasteiger partial charge in [-0.05, 0) is 54.1 Å². The fraction of sp³-hybridized carbons (Fsp3) is 0.125. The number of nitriles is 1. The molecule has 2 aromatic carbocycles. The number of hydrogen-bond donors (Lipinski definition) is 0. The van der Waals surface area contributed by atoms with Crippen LogP contribution in [-0.4, -0.2) is 16.2 Å². The molecule has 0 aliphatic rings. The topological polar surface area (TPSA) is 52.8 Å². The van der Waals surface area contributed by atoms with Crippen molar-refractivity contribution in [3.05, 3.63) is 96.1 Å². The van der Waals surface area contributed by atoms with E-state index in [9.17, 15) is 5.26 Å². The third kappa shape index (κ3) is 4.23. The van der Waals surface area contributed by atoms with Gasteiger partial charge in [-0.15, -0.1) is 11.8 Å². The summed E-state index contributed by atoms with van der Waals surface area (Å²) in [5, 5.41) is 11.5. The van der Waals surface area contributed by atoms with E-state index in [0.717, 1.165) is 27.8 Å². The highest BCUT2D eigenvalue weighted by Gasteiger charge is 2.17. The number of nitrogens with zero attached hydrogens (tertiary/aromatic N) is 4. The van der Waals surface area contributed by atoms with E-state index in [2.05, 4.69) is 39.3 Å². The average Bonchev–Trinajstić information content (AvgIpc) is 2.79. The summed E-state index contributed by atoms with van der Waals surface area (Å²) < 4.78 is 0. The molecule has 4 rings (SSSR count). The second-order valence-electron chi connectivity index (χ2n) is 6.66. The Morgan fingerprint density at radius 3 is 2.14 bits per heavy atom. The maximum absolute atomic E-state index is 9.28. The smallest absolute Gasteiger partial charge is 0.0991 e. The molecule has 29 heavy (non-hydrogen) atoms. The van der Waals surface area contributed by atoms with Crippen LogP contribution in [0.4, 0.5) is 5.69 Å². The maximum atomic E-state index is 9.28. The van der Waals surface area contributed by atoms with Gasteiger partial charge in [-0.1, -0.05) is 24.3 Å². The van der Waals surface area contributed by atoms with Crippen LogP contribution in [0, 0.1) is 11.3 Å². The summed E-state index contributed by atoms with van der Waals surface area (Å²) in [6.45, 7) is 1.34. The molecule has 4 aromatic rings. The van der Waals surface area contributed by atoms with E-state index in [4.69, 9.17) is 0 Å². The van der Waals surface area contributed by atoms with Gasteiger partial charge < -0.3 is 4.90 Å². The van der Waals surface area contributed by atoms with Crippen LogP contribution in [0.1, 0.15) is 17.0 Å². The number of thioether (sulfide) groups is 1. The van der Waals surface area contributed by atoms with Crippen LogP contribution in [-0.2, 0) is 13.1 Å². The van der Waals surface area contributed by atoms with Crippen LogP contribution >= 0.6 is 11.8 Å². The Labute approximate surface area is 174 Å². The Hall–Kier alpha value is -3.36. The van der Waals surface area contributed by atoms with Gasteiger partial charge >= 0.3 is 0 Å². The van der Waals surface area contributed by atoms with Crippen molar-refractivity contribution in [1.29, 1.82) is 5.26 Å². The van der Waals surface area contributed by atoms with E-state index in [1.807, 2.05) is 67.0 Å². The molecule has 0 unspecified atom stereocenters. The molecule has 0 N–H and O–H groups in total. The largest absolute Gasteiger partial charge is 0.358 e. The van der Waals surface area contributed by atoms with E-state index in [1.54, 1.807) is 11.8 Å². The van der Waals surface area contributed by atoms with Crippen molar-refractivity contribution in [1.82, 2.24) is 9.97 Å². The summed E-state index contributed by atoms with van der Waals surface area (Å²) in [7, 11) is 0. The maximum Gasteiger partial charge on any atom is 0.0991 e. The molecular weight excluding hydrogens is 376 g/mol. The molecule has 0 aliphatic heterocycles. The highest BCUT2D eigenvalue weighted by atomic mass is 32.2. The van der Waals surface area contributed by atoms with Gasteiger partial charge in [-0.3, -0.25) is 9.97 Å². The molecule has 142 valence electrons. The lowest BCUT2D eigenvalue weighted by atomic mass is 10.0. The number of benzene rings is 2. The summed E-state index contributed by atoms with van der Waals surface area (Å²) in [6.07, 6.45) is 5.74. The third-order valence-electron chi connectivity index (χ3n) is 4.78. The van der Waals surface area contributed by atoms with E-state index in [1.165, 1.54) is 4.90 Å². The number of anilines is 1. The summed E-state index contributed by atoms with van der Waals surface area (Å²) in [6, 6.07) is 24.3. The first-order chi connectivity index (χ1) is 14.3. The Morgan fingerprint density at radius 2 is 1.59 bits per heavy atom. The first kappa shape index (κ1) is 19.0. The quantitative estimate of drug-likeness (QED) is 0.407. The first-order valence-electron chi connectivity index (χ1n) is 9.34. The van der Waals surface area contributed by atoms with Gasteiger partial charge in [-0.2, -0.15) is 5.26 Å². The molecule has 0 spiro atoms. The Kier molecular flexibility index (Phi) is 5.73. The van der Waals surface area contributed by atoms with E-state index < -0.39 is 0 Å². The van der Waals surface area contributed by atoms with Crippen LogP contribution in [0.25, 0.3) is 10.8 Å². The van der Waals surface area contributed by atoms with Gasteiger partial charge in [-0.25, -0.2) is 0 Å². The molecular formula is C24H20N4S. The molecule has 0 radical (unpaired) electrons. The van der Waals surface area contributed by atoms with Crippen LogP contribution in [0.3, 0.4) is 0 Å². The Morgan fingerprint density at radius 1 is 0.897 bits per heavy atom. The third-order valence-corrected chi connectivity index (χ3v) is 5.55. The molecule has 4 nitrogen and oxygen atoms in total. The summed E-state index contributed by atoms with van der Waals surface area (Å²) in [5.74, 6) is 0. The number of hydrogen-bond acceptors (Lipinski definition) is 5. The fourth-order valence-corrected chi connectivity index (χ4v) is 4.08. The minimum Gasteiger partial charge on any atom is -0.358 e. The zero-order valence-corrected chi connectivity index (χ0v) is 16.9. The summed E-state index contributed by atoms with van der Waals surface area (Å²) in [4.78, 5) is 12.6. The van der Waals surface area contributed by atoms with Gasteiger partial charge in [0.25, 0.3) is 0 Å². The molecule has 0 amide bonds. The van der Waals surface area contributed by atoms with Gasteiger partial charge in [0.2, 0.25) is 0 Å². The van der Waals surface area contributed by atoms with Crippen molar-refractivity contribution in [2.24, 2.45) is 0 Å². The van der Waals surface area contributed by atoms with Crippen LogP contribution in [0.15, 0.2) is 84.0 Å². The molecule has 0 saturated heterocycles. The molecule has 2 aromatic heterocycles. The normalized spacial score (nSPS) is 10.6. The SMILES string of the molecule is CSc1ccc2cc(C#N)ccc2c1N(Cc1ccccn1)Cc1ccccn1. The van der Waals surface area contributed by atoms with Crippen LogP contribution < -0.4 is 4.90 Å². The zero-order valence-electron chi connectivity index (χ0n) is 16.1. The number of pyridine rings is 2. The van der Waals surface area contributed by atoms with Crippen molar-refractivity contribution in [3.63, 3.8) is 0 Å². The van der Waals surface area contributed by atoms with Crippen molar-refractivity contribution in [3.8, 4) is 6.07 Å². The lowest BCUT2D eigenvalue weighted by Gasteiger charge is -2.28. The molecule has 0 aliphatic carbocycles. The Balaban J connectivity index is 1.86. The molecule has 5 heteroatoms. The minimum absolute atomic E-state index is 0.668. The lowest BCUT2D eigenvalue weighted by Crippen LogP contribution is -2.24. The van der Waals surface area contributed by atoms with E-state index in [-0.39, 0.29) is 0 Å². The summed E-state index contributed by atoms with van der Waals surface area (Å²) in [5.41, 5.74) is 3.82. The standard InChI is InChI=1S/C24H20N4S/c1-29-23-11-9-19-14-18(15-25)8-10-22(19)24(23)28(16-20-6-2-4-12-26-20)17-21-7-3-5-13-27-21/h2-14H,16-17H2,1H3. The first-order valence-corrected chi connectivity index (χ1v) is 10.6. The molecule has 0 fully saturated rings. The highest BCUT2D eigenvalue weighted by molar-refractivity contribution is 7.98. The number of rotatable bonds is 6. The average molecular weight is 397 g/mol. The molecule has 0 atom stereocenters. The molecule has 0 saturated carbocycles. The van der Waals surface area contributed by atoms with E-state index in [0.29, 0.717) is 18.7 Å². The number of fused-ring (bicyclic) bond motifs is 1.